The standard InChI is InChI=1S/C25H29N5OS/c1-4-30(5-2)11-10-27-22(31)9-7-18-14-28-25(26)23-20(15-32-24(18)23)17-6-8-21-19(13-17)12-16(3)29-21/h6-9,12-15,29H,4-5,10-11H2,1-3H3,(H2,26,28)(H,27,31). The summed E-state index contributed by atoms with van der Waals surface area (Å²) in [6.07, 6.45) is 5.12. The number of aryl methyl sites for hydroxylation is 1. The zero-order valence-corrected chi connectivity index (χ0v) is 19.6. The van der Waals surface area contributed by atoms with Crippen LogP contribution in [0, 0.1) is 6.92 Å². The van der Waals surface area contributed by atoms with E-state index < -0.39 is 0 Å². The fourth-order valence-corrected chi connectivity index (χ4v) is 5.04. The minimum Gasteiger partial charge on any atom is -0.383 e. The van der Waals surface area contributed by atoms with Crippen molar-refractivity contribution in [2.24, 2.45) is 0 Å². The summed E-state index contributed by atoms with van der Waals surface area (Å²) in [5.74, 6) is 0.398. The summed E-state index contributed by atoms with van der Waals surface area (Å²) in [6.45, 7) is 9.74. The van der Waals surface area contributed by atoms with E-state index in [9.17, 15) is 4.79 Å². The molecule has 4 rings (SSSR count). The van der Waals surface area contributed by atoms with Crippen LogP contribution in [-0.4, -0.2) is 47.0 Å². The van der Waals surface area contributed by atoms with Gasteiger partial charge < -0.3 is 20.9 Å². The van der Waals surface area contributed by atoms with Gasteiger partial charge in [0.15, 0.2) is 0 Å². The number of amides is 1. The minimum atomic E-state index is -0.104. The first-order valence-corrected chi connectivity index (χ1v) is 11.8. The normalized spacial score (nSPS) is 11.9. The van der Waals surface area contributed by atoms with Crippen LogP contribution in [0.5, 0.6) is 0 Å². The molecular formula is C25H29N5OS. The van der Waals surface area contributed by atoms with E-state index in [0.717, 1.165) is 57.6 Å². The van der Waals surface area contributed by atoms with Crippen LogP contribution >= 0.6 is 11.3 Å². The number of nitrogen functional groups attached to an aromatic ring is 1. The molecule has 32 heavy (non-hydrogen) atoms. The van der Waals surface area contributed by atoms with Crippen molar-refractivity contribution in [2.75, 3.05) is 31.9 Å². The summed E-state index contributed by atoms with van der Waals surface area (Å²) in [5, 5.41) is 7.17. The largest absolute Gasteiger partial charge is 0.383 e. The van der Waals surface area contributed by atoms with Gasteiger partial charge in [-0.1, -0.05) is 19.9 Å². The smallest absolute Gasteiger partial charge is 0.244 e. The summed E-state index contributed by atoms with van der Waals surface area (Å²) in [6, 6.07) is 8.51. The van der Waals surface area contributed by atoms with Crippen molar-refractivity contribution in [3.63, 3.8) is 0 Å². The Morgan fingerprint density at radius 2 is 2.09 bits per heavy atom. The van der Waals surface area contributed by atoms with E-state index in [4.69, 9.17) is 5.73 Å². The van der Waals surface area contributed by atoms with Crippen LogP contribution in [0.1, 0.15) is 25.1 Å². The van der Waals surface area contributed by atoms with E-state index in [2.05, 4.69) is 70.6 Å². The lowest BCUT2D eigenvalue weighted by Gasteiger charge is -2.17. The molecule has 0 bridgehead atoms. The number of aromatic amines is 1. The lowest BCUT2D eigenvalue weighted by Crippen LogP contribution is -2.34. The highest BCUT2D eigenvalue weighted by Crippen LogP contribution is 2.39. The number of pyridine rings is 1. The van der Waals surface area contributed by atoms with Gasteiger partial charge >= 0.3 is 0 Å². The number of fused-ring (bicyclic) bond motifs is 2. The number of rotatable bonds is 8. The fourth-order valence-electron chi connectivity index (χ4n) is 3.96. The van der Waals surface area contributed by atoms with Crippen LogP contribution in [0.4, 0.5) is 5.82 Å². The molecule has 3 heterocycles. The Bertz CT molecular complexity index is 1280. The molecule has 4 aromatic rings. The van der Waals surface area contributed by atoms with Crippen molar-refractivity contribution in [3.05, 3.63) is 53.2 Å². The van der Waals surface area contributed by atoms with Gasteiger partial charge in [-0.25, -0.2) is 4.98 Å². The van der Waals surface area contributed by atoms with Crippen LogP contribution in [0.25, 0.3) is 38.2 Å². The first-order chi connectivity index (χ1) is 15.5. The van der Waals surface area contributed by atoms with Crippen LogP contribution in [0.3, 0.4) is 0 Å². The first-order valence-electron chi connectivity index (χ1n) is 10.9. The van der Waals surface area contributed by atoms with Crippen molar-refractivity contribution >= 4 is 50.1 Å². The molecule has 0 atom stereocenters. The monoisotopic (exact) mass is 447 g/mol. The van der Waals surface area contributed by atoms with Crippen molar-refractivity contribution < 1.29 is 4.79 Å². The molecule has 1 aromatic carbocycles. The molecule has 1 amide bonds. The average molecular weight is 448 g/mol. The van der Waals surface area contributed by atoms with Gasteiger partial charge in [-0.15, -0.1) is 11.3 Å². The number of hydrogen-bond acceptors (Lipinski definition) is 5. The second-order valence-corrected chi connectivity index (χ2v) is 8.74. The molecule has 3 aromatic heterocycles. The number of benzene rings is 1. The number of carbonyl (C=O) groups is 1. The number of anilines is 1. The number of likely N-dealkylation sites (N-methyl/N-ethyl adjacent to an activating group) is 1. The lowest BCUT2D eigenvalue weighted by atomic mass is 10.0. The highest BCUT2D eigenvalue weighted by Gasteiger charge is 2.14. The summed E-state index contributed by atoms with van der Waals surface area (Å²) in [5.41, 5.74) is 11.6. The second kappa shape index (κ2) is 9.54. The molecule has 0 unspecified atom stereocenters. The predicted octanol–water partition coefficient (Wildman–Crippen LogP) is 4.81. The zero-order chi connectivity index (χ0) is 22.7. The number of hydrogen-bond donors (Lipinski definition) is 3. The third-order valence-corrected chi connectivity index (χ3v) is 6.78. The second-order valence-electron chi connectivity index (χ2n) is 7.86. The molecule has 0 aliphatic rings. The molecule has 0 radical (unpaired) electrons. The molecule has 0 aliphatic heterocycles. The highest BCUT2D eigenvalue weighted by atomic mass is 32.1. The summed E-state index contributed by atoms with van der Waals surface area (Å²) >= 11 is 1.62. The molecule has 7 heteroatoms. The summed E-state index contributed by atoms with van der Waals surface area (Å²) < 4.78 is 1.03. The number of carbonyl (C=O) groups excluding carboxylic acids is 1. The SMILES string of the molecule is CCN(CC)CCNC(=O)C=Cc1cnc(N)c2c(-c3ccc4[nH]c(C)cc4c3)csc12. The van der Waals surface area contributed by atoms with Gasteiger partial charge in [-0.2, -0.15) is 0 Å². The van der Waals surface area contributed by atoms with E-state index in [1.54, 1.807) is 23.6 Å². The lowest BCUT2D eigenvalue weighted by molar-refractivity contribution is -0.116. The number of nitrogens with one attached hydrogen (secondary N) is 2. The Hall–Kier alpha value is -3.16. The maximum Gasteiger partial charge on any atom is 0.244 e. The van der Waals surface area contributed by atoms with Crippen LogP contribution in [0.15, 0.2) is 41.9 Å². The molecular weight excluding hydrogens is 418 g/mol. The Morgan fingerprint density at radius 3 is 2.88 bits per heavy atom. The van der Waals surface area contributed by atoms with E-state index in [0.29, 0.717) is 12.4 Å². The number of nitrogens with zero attached hydrogens (tertiary/aromatic N) is 2. The highest BCUT2D eigenvalue weighted by molar-refractivity contribution is 7.18. The Balaban J connectivity index is 1.58. The Morgan fingerprint density at radius 1 is 1.28 bits per heavy atom. The van der Waals surface area contributed by atoms with Gasteiger partial charge in [-0.05, 0) is 55.2 Å². The van der Waals surface area contributed by atoms with Crippen LogP contribution in [-0.2, 0) is 4.79 Å². The number of H-pyrrole nitrogens is 1. The third-order valence-electron chi connectivity index (χ3n) is 5.75. The molecule has 0 saturated carbocycles. The quantitative estimate of drug-likeness (QED) is 0.338. The van der Waals surface area contributed by atoms with Crippen molar-refractivity contribution in [1.82, 2.24) is 20.2 Å². The van der Waals surface area contributed by atoms with E-state index in [1.165, 1.54) is 5.39 Å². The third kappa shape index (κ3) is 4.54. The zero-order valence-electron chi connectivity index (χ0n) is 18.7. The summed E-state index contributed by atoms with van der Waals surface area (Å²) in [7, 11) is 0. The molecule has 4 N–H and O–H groups in total. The van der Waals surface area contributed by atoms with Gasteiger partial charge in [0.25, 0.3) is 0 Å². The molecule has 0 spiro atoms. The van der Waals surface area contributed by atoms with Gasteiger partial charge in [0.2, 0.25) is 5.91 Å². The number of nitrogens with two attached hydrogens (primary N) is 1. The maximum absolute atomic E-state index is 12.3. The van der Waals surface area contributed by atoms with E-state index in [1.807, 2.05) is 6.08 Å². The molecule has 166 valence electrons. The van der Waals surface area contributed by atoms with Crippen LogP contribution in [0.2, 0.25) is 0 Å². The molecule has 0 aliphatic carbocycles. The topological polar surface area (TPSA) is 87.0 Å². The molecule has 0 fully saturated rings. The minimum absolute atomic E-state index is 0.104. The summed E-state index contributed by atoms with van der Waals surface area (Å²) in [4.78, 5) is 22.3. The average Bonchev–Trinajstić information content (AvgIpc) is 3.39. The fraction of sp³-hybridized carbons (Fsp3) is 0.280. The van der Waals surface area contributed by atoms with Gasteiger partial charge in [0.1, 0.15) is 5.82 Å². The van der Waals surface area contributed by atoms with Crippen LogP contribution < -0.4 is 11.1 Å². The maximum atomic E-state index is 12.3. The Kier molecular flexibility index (Phi) is 6.58. The first kappa shape index (κ1) is 22.0. The van der Waals surface area contributed by atoms with Gasteiger partial charge in [0.05, 0.1) is 0 Å². The molecule has 6 nitrogen and oxygen atoms in total. The Labute approximate surface area is 192 Å². The molecule has 0 saturated heterocycles. The predicted molar refractivity (Wildman–Crippen MR) is 136 cm³/mol. The number of aromatic nitrogens is 2. The van der Waals surface area contributed by atoms with Gasteiger partial charge in [-0.3, -0.25) is 4.79 Å². The van der Waals surface area contributed by atoms with Crippen molar-refractivity contribution in [1.29, 1.82) is 0 Å². The van der Waals surface area contributed by atoms with E-state index in [-0.39, 0.29) is 5.91 Å². The van der Waals surface area contributed by atoms with Gasteiger partial charge in [0, 0.05) is 63.2 Å². The number of thiophene rings is 1. The van der Waals surface area contributed by atoms with E-state index >= 15 is 0 Å². The van der Waals surface area contributed by atoms with Crippen molar-refractivity contribution in [2.45, 2.75) is 20.8 Å². The van der Waals surface area contributed by atoms with Crippen molar-refractivity contribution in [3.8, 4) is 11.1 Å².